The third-order valence-corrected chi connectivity index (χ3v) is 4.57. The van der Waals surface area contributed by atoms with E-state index in [2.05, 4.69) is 26.1 Å². The number of halogens is 1. The molecule has 0 aliphatic carbocycles. The van der Waals surface area contributed by atoms with E-state index in [1.54, 1.807) is 16.3 Å². The summed E-state index contributed by atoms with van der Waals surface area (Å²) in [7, 11) is 1.84. The summed E-state index contributed by atoms with van der Waals surface area (Å²) >= 11 is 4.96. The van der Waals surface area contributed by atoms with E-state index < -0.39 is 0 Å². The second-order valence-corrected chi connectivity index (χ2v) is 6.32. The van der Waals surface area contributed by atoms with Crippen molar-refractivity contribution in [3.8, 4) is 11.3 Å². The van der Waals surface area contributed by atoms with Crippen molar-refractivity contribution < 1.29 is 4.42 Å². The molecule has 0 aliphatic rings. The van der Waals surface area contributed by atoms with E-state index in [1.807, 2.05) is 43.4 Å². The van der Waals surface area contributed by atoms with Crippen LogP contribution < -0.4 is 5.73 Å². The lowest BCUT2D eigenvalue weighted by Crippen LogP contribution is -1.97. The second-order valence-electron chi connectivity index (χ2n) is 4.46. The number of nitrogens with two attached hydrogens (primary N) is 1. The fourth-order valence-corrected chi connectivity index (χ4v) is 2.89. The van der Waals surface area contributed by atoms with Crippen LogP contribution in [-0.4, -0.2) is 14.8 Å². The number of aromatic nitrogens is 3. The Kier molecular flexibility index (Phi) is 4.03. The molecule has 0 spiro atoms. The van der Waals surface area contributed by atoms with Crippen molar-refractivity contribution in [3.63, 3.8) is 0 Å². The van der Waals surface area contributed by atoms with Crippen molar-refractivity contribution in [1.29, 1.82) is 0 Å². The van der Waals surface area contributed by atoms with E-state index in [4.69, 9.17) is 10.2 Å². The molecule has 2 aromatic heterocycles. The monoisotopic (exact) mass is 364 g/mol. The maximum absolute atomic E-state index is 5.85. The average Bonchev–Trinajstić information content (AvgIpc) is 3.07. The molecular weight excluding hydrogens is 352 g/mol. The fraction of sp³-hybridized carbons (Fsp3) is 0.143. The maximum atomic E-state index is 5.85. The van der Waals surface area contributed by atoms with Crippen molar-refractivity contribution in [1.82, 2.24) is 14.8 Å². The van der Waals surface area contributed by atoms with Gasteiger partial charge in [0.25, 0.3) is 0 Å². The summed E-state index contributed by atoms with van der Waals surface area (Å²) in [6.07, 6.45) is 0. The molecule has 0 radical (unpaired) electrons. The number of hydrogen-bond acceptors (Lipinski definition) is 5. The highest BCUT2D eigenvalue weighted by Crippen LogP contribution is 2.27. The molecule has 0 atom stereocenters. The van der Waals surface area contributed by atoms with Gasteiger partial charge >= 0.3 is 0 Å². The Morgan fingerprint density at radius 2 is 1.95 bits per heavy atom. The molecule has 3 rings (SSSR count). The van der Waals surface area contributed by atoms with Crippen LogP contribution in [0.4, 0.5) is 5.95 Å². The lowest BCUT2D eigenvalue weighted by molar-refractivity contribution is 0.544. The highest BCUT2D eigenvalue weighted by Gasteiger charge is 2.09. The van der Waals surface area contributed by atoms with Crippen LogP contribution >= 0.6 is 27.7 Å². The summed E-state index contributed by atoms with van der Waals surface area (Å²) < 4.78 is 8.66. The SMILES string of the molecule is Cn1c(N)nnc1SCc1ccc(-c2ccc(Br)cc2)o1. The van der Waals surface area contributed by atoms with Gasteiger partial charge in [-0.3, -0.25) is 4.57 Å². The van der Waals surface area contributed by atoms with Crippen LogP contribution in [0.15, 0.2) is 50.4 Å². The van der Waals surface area contributed by atoms with Gasteiger partial charge in [0.1, 0.15) is 11.5 Å². The minimum Gasteiger partial charge on any atom is -0.460 e. The molecule has 0 saturated heterocycles. The second kappa shape index (κ2) is 5.95. The highest BCUT2D eigenvalue weighted by atomic mass is 79.9. The minimum atomic E-state index is 0.410. The van der Waals surface area contributed by atoms with Crippen LogP contribution in [0.1, 0.15) is 5.76 Å². The smallest absolute Gasteiger partial charge is 0.222 e. The number of anilines is 1. The molecule has 0 bridgehead atoms. The predicted molar refractivity (Wildman–Crippen MR) is 86.8 cm³/mol. The van der Waals surface area contributed by atoms with Gasteiger partial charge in [0, 0.05) is 17.1 Å². The molecule has 0 saturated carbocycles. The first-order valence-electron chi connectivity index (χ1n) is 6.26. The summed E-state index contributed by atoms with van der Waals surface area (Å²) in [4.78, 5) is 0. The van der Waals surface area contributed by atoms with Gasteiger partial charge in [-0.05, 0) is 24.3 Å². The summed E-state index contributed by atoms with van der Waals surface area (Å²) in [6, 6.07) is 12.0. The Bertz CT molecular complexity index is 751. The molecule has 0 amide bonds. The Morgan fingerprint density at radius 3 is 2.62 bits per heavy atom. The Hall–Kier alpha value is -1.73. The van der Waals surface area contributed by atoms with Crippen molar-refractivity contribution >= 4 is 33.6 Å². The Labute approximate surface area is 134 Å². The number of nitrogen functional groups attached to an aromatic ring is 1. The molecule has 5 nitrogen and oxygen atoms in total. The van der Waals surface area contributed by atoms with Gasteiger partial charge in [-0.1, -0.05) is 39.8 Å². The van der Waals surface area contributed by atoms with Crippen molar-refractivity contribution in [2.45, 2.75) is 10.9 Å². The van der Waals surface area contributed by atoms with Gasteiger partial charge in [0.05, 0.1) is 5.75 Å². The molecule has 108 valence electrons. The third-order valence-electron chi connectivity index (χ3n) is 3.00. The largest absolute Gasteiger partial charge is 0.460 e. The van der Waals surface area contributed by atoms with E-state index in [9.17, 15) is 0 Å². The van der Waals surface area contributed by atoms with E-state index in [1.165, 1.54) is 0 Å². The number of benzene rings is 1. The lowest BCUT2D eigenvalue weighted by Gasteiger charge is -2.00. The number of rotatable bonds is 4. The summed E-state index contributed by atoms with van der Waals surface area (Å²) in [5.41, 5.74) is 6.70. The van der Waals surface area contributed by atoms with E-state index in [0.717, 1.165) is 26.7 Å². The molecule has 3 aromatic rings. The summed E-state index contributed by atoms with van der Waals surface area (Å²) in [6.45, 7) is 0. The molecule has 2 N–H and O–H groups in total. The van der Waals surface area contributed by atoms with Gasteiger partial charge in [-0.15, -0.1) is 10.2 Å². The van der Waals surface area contributed by atoms with E-state index >= 15 is 0 Å². The molecular formula is C14H13BrN4OS. The molecule has 2 heterocycles. The van der Waals surface area contributed by atoms with Crippen LogP contribution in [-0.2, 0) is 12.8 Å². The zero-order valence-corrected chi connectivity index (χ0v) is 13.7. The van der Waals surface area contributed by atoms with Crippen LogP contribution in [0.25, 0.3) is 11.3 Å². The summed E-state index contributed by atoms with van der Waals surface area (Å²) in [5, 5.41) is 8.61. The molecule has 0 fully saturated rings. The predicted octanol–water partition coefficient (Wildman–Crippen LogP) is 3.71. The zero-order valence-electron chi connectivity index (χ0n) is 11.3. The first-order valence-corrected chi connectivity index (χ1v) is 8.03. The number of nitrogens with zero attached hydrogens (tertiary/aromatic N) is 3. The first-order chi connectivity index (χ1) is 10.1. The normalized spacial score (nSPS) is 11.0. The molecule has 0 unspecified atom stereocenters. The Balaban J connectivity index is 1.70. The Morgan fingerprint density at radius 1 is 1.19 bits per heavy atom. The quantitative estimate of drug-likeness (QED) is 0.714. The van der Waals surface area contributed by atoms with E-state index in [-0.39, 0.29) is 0 Å². The van der Waals surface area contributed by atoms with Gasteiger partial charge < -0.3 is 10.2 Å². The standard InChI is InChI=1S/C14H13BrN4OS/c1-19-13(16)17-18-14(19)21-8-11-6-7-12(20-11)9-2-4-10(15)5-3-9/h2-7H,8H2,1H3,(H2,16,17). The van der Waals surface area contributed by atoms with Gasteiger partial charge in [-0.2, -0.15) is 0 Å². The maximum Gasteiger partial charge on any atom is 0.222 e. The molecule has 0 aliphatic heterocycles. The van der Waals surface area contributed by atoms with Crippen LogP contribution in [0.5, 0.6) is 0 Å². The average molecular weight is 365 g/mol. The van der Waals surface area contributed by atoms with Crippen molar-refractivity contribution in [2.75, 3.05) is 5.73 Å². The lowest BCUT2D eigenvalue weighted by atomic mass is 10.2. The summed E-state index contributed by atoms with van der Waals surface area (Å²) in [5.74, 6) is 2.84. The van der Waals surface area contributed by atoms with Crippen molar-refractivity contribution in [3.05, 3.63) is 46.6 Å². The van der Waals surface area contributed by atoms with Gasteiger partial charge in [-0.25, -0.2) is 0 Å². The van der Waals surface area contributed by atoms with Crippen molar-refractivity contribution in [2.24, 2.45) is 7.05 Å². The number of furan rings is 1. The zero-order chi connectivity index (χ0) is 14.8. The fourth-order valence-electron chi connectivity index (χ4n) is 1.81. The number of thioether (sulfide) groups is 1. The topological polar surface area (TPSA) is 69.9 Å². The van der Waals surface area contributed by atoms with Gasteiger partial charge in [0.15, 0.2) is 5.16 Å². The van der Waals surface area contributed by atoms with E-state index in [0.29, 0.717) is 11.7 Å². The molecule has 21 heavy (non-hydrogen) atoms. The highest BCUT2D eigenvalue weighted by molar-refractivity contribution is 9.10. The van der Waals surface area contributed by atoms with Crippen LogP contribution in [0.2, 0.25) is 0 Å². The molecule has 7 heteroatoms. The van der Waals surface area contributed by atoms with Gasteiger partial charge in [0.2, 0.25) is 5.95 Å². The minimum absolute atomic E-state index is 0.410. The third kappa shape index (κ3) is 3.14. The molecule has 1 aromatic carbocycles. The van der Waals surface area contributed by atoms with Crippen LogP contribution in [0.3, 0.4) is 0 Å². The first kappa shape index (κ1) is 14.2. The number of hydrogen-bond donors (Lipinski definition) is 1. The van der Waals surface area contributed by atoms with Crippen LogP contribution in [0, 0.1) is 0 Å².